The molecule has 0 amide bonds. The third-order valence-electron chi connectivity index (χ3n) is 3.05. The fourth-order valence-electron chi connectivity index (χ4n) is 2.13. The molecule has 0 atom stereocenters. The Bertz CT molecular complexity index is 793. The van der Waals surface area contributed by atoms with Gasteiger partial charge in [0.05, 0.1) is 5.69 Å². The lowest BCUT2D eigenvalue weighted by atomic mass is 10.1. The summed E-state index contributed by atoms with van der Waals surface area (Å²) in [4.78, 5) is 0. The van der Waals surface area contributed by atoms with Gasteiger partial charge in [-0.15, -0.1) is 5.10 Å². The first-order chi connectivity index (χ1) is 10.0. The van der Waals surface area contributed by atoms with Crippen molar-refractivity contribution in [1.82, 2.24) is 20.2 Å². The normalized spacial score (nSPS) is 10.8. The Morgan fingerprint density at radius 3 is 2.43 bits per heavy atom. The topological polar surface area (TPSA) is 69.6 Å². The predicted octanol–water partition coefficient (Wildman–Crippen LogP) is 3.53. The van der Waals surface area contributed by atoms with Crippen LogP contribution in [0.3, 0.4) is 0 Å². The van der Waals surface area contributed by atoms with E-state index >= 15 is 0 Å². The fraction of sp³-hybridized carbons (Fsp3) is 0.0714. The maximum absolute atomic E-state index is 6.03. The molecule has 2 N–H and O–H groups in total. The highest BCUT2D eigenvalue weighted by molar-refractivity contribution is 6.34. The van der Waals surface area contributed by atoms with E-state index in [4.69, 9.17) is 28.9 Å². The van der Waals surface area contributed by atoms with E-state index in [1.165, 1.54) is 0 Å². The molecule has 5 nitrogen and oxygen atoms in total. The SMILES string of the molecule is Cc1cc(N)ccc1-c1nnnn1-c1cc(Cl)cc(Cl)c1. The number of nitrogens with zero attached hydrogens (tertiary/aromatic N) is 4. The molecule has 0 fully saturated rings. The number of benzene rings is 2. The van der Waals surface area contributed by atoms with Crippen molar-refractivity contribution in [2.75, 3.05) is 5.73 Å². The summed E-state index contributed by atoms with van der Waals surface area (Å²) >= 11 is 12.1. The van der Waals surface area contributed by atoms with Gasteiger partial charge in [0.15, 0.2) is 5.82 Å². The van der Waals surface area contributed by atoms with Gasteiger partial charge in [-0.05, 0) is 59.3 Å². The van der Waals surface area contributed by atoms with Crippen LogP contribution < -0.4 is 5.73 Å². The lowest BCUT2D eigenvalue weighted by molar-refractivity contribution is 0.791. The molecular formula is C14H11Cl2N5. The van der Waals surface area contributed by atoms with E-state index in [1.807, 2.05) is 25.1 Å². The van der Waals surface area contributed by atoms with Gasteiger partial charge in [0.25, 0.3) is 0 Å². The average Bonchev–Trinajstić information content (AvgIpc) is 2.86. The predicted molar refractivity (Wildman–Crippen MR) is 83.8 cm³/mol. The van der Waals surface area contributed by atoms with Gasteiger partial charge in [-0.25, -0.2) is 0 Å². The summed E-state index contributed by atoms with van der Waals surface area (Å²) in [5, 5.41) is 12.9. The maximum Gasteiger partial charge on any atom is 0.187 e. The second-order valence-electron chi connectivity index (χ2n) is 4.62. The molecule has 0 radical (unpaired) electrons. The molecule has 1 aromatic heterocycles. The number of aryl methyl sites for hydroxylation is 1. The lowest BCUT2D eigenvalue weighted by Crippen LogP contribution is -2.01. The van der Waals surface area contributed by atoms with E-state index in [0.717, 1.165) is 11.1 Å². The molecule has 0 bridgehead atoms. The van der Waals surface area contributed by atoms with E-state index in [0.29, 0.717) is 27.2 Å². The van der Waals surface area contributed by atoms with Crippen molar-refractivity contribution in [3.8, 4) is 17.1 Å². The first kappa shape index (κ1) is 13.9. The minimum Gasteiger partial charge on any atom is -0.399 e. The molecule has 0 aliphatic carbocycles. The molecule has 0 aliphatic rings. The molecule has 0 spiro atoms. The highest BCUT2D eigenvalue weighted by atomic mass is 35.5. The summed E-state index contributed by atoms with van der Waals surface area (Å²) in [7, 11) is 0. The molecule has 106 valence electrons. The second-order valence-corrected chi connectivity index (χ2v) is 5.49. The van der Waals surface area contributed by atoms with Crippen molar-refractivity contribution >= 4 is 28.9 Å². The maximum atomic E-state index is 6.03. The third-order valence-corrected chi connectivity index (χ3v) is 3.49. The molecule has 0 aliphatic heterocycles. The molecule has 0 saturated heterocycles. The number of rotatable bonds is 2. The molecule has 0 saturated carbocycles. The van der Waals surface area contributed by atoms with Crippen molar-refractivity contribution in [1.29, 1.82) is 0 Å². The largest absolute Gasteiger partial charge is 0.399 e. The van der Waals surface area contributed by atoms with Crippen LogP contribution in [-0.4, -0.2) is 20.2 Å². The molecular weight excluding hydrogens is 309 g/mol. The molecule has 3 rings (SSSR count). The van der Waals surface area contributed by atoms with Crippen LogP contribution in [0.4, 0.5) is 5.69 Å². The van der Waals surface area contributed by atoms with Crippen LogP contribution in [-0.2, 0) is 0 Å². The molecule has 3 aromatic rings. The standard InChI is InChI=1S/C14H11Cl2N5/c1-8-4-11(17)2-3-13(8)14-18-19-20-21(14)12-6-9(15)5-10(16)7-12/h2-7H,17H2,1H3. The second kappa shape index (κ2) is 5.35. The van der Waals surface area contributed by atoms with Crippen molar-refractivity contribution in [3.63, 3.8) is 0 Å². The monoisotopic (exact) mass is 319 g/mol. The summed E-state index contributed by atoms with van der Waals surface area (Å²) in [5.41, 5.74) is 9.05. The third kappa shape index (κ3) is 2.70. The number of nitrogens with two attached hydrogens (primary N) is 1. The van der Waals surface area contributed by atoms with Gasteiger partial charge in [-0.1, -0.05) is 23.2 Å². The number of anilines is 1. The van der Waals surface area contributed by atoms with Crippen LogP contribution in [0, 0.1) is 6.92 Å². The van der Waals surface area contributed by atoms with E-state index in [9.17, 15) is 0 Å². The fourth-order valence-corrected chi connectivity index (χ4v) is 2.64. The highest BCUT2D eigenvalue weighted by Gasteiger charge is 2.14. The Hall–Kier alpha value is -2.11. The van der Waals surface area contributed by atoms with Gasteiger partial charge in [-0.3, -0.25) is 0 Å². The Balaban J connectivity index is 2.17. The van der Waals surface area contributed by atoms with Gasteiger partial charge in [-0.2, -0.15) is 4.68 Å². The Kier molecular flexibility index (Phi) is 3.53. The van der Waals surface area contributed by atoms with Crippen LogP contribution in [0.2, 0.25) is 10.0 Å². The van der Waals surface area contributed by atoms with E-state index in [1.54, 1.807) is 22.9 Å². The summed E-state index contributed by atoms with van der Waals surface area (Å²) in [6.07, 6.45) is 0. The van der Waals surface area contributed by atoms with Crippen molar-refractivity contribution in [2.24, 2.45) is 0 Å². The van der Waals surface area contributed by atoms with Gasteiger partial charge in [0, 0.05) is 21.3 Å². The zero-order chi connectivity index (χ0) is 15.0. The van der Waals surface area contributed by atoms with Crippen molar-refractivity contribution < 1.29 is 0 Å². The number of nitrogen functional groups attached to an aromatic ring is 1. The Labute approximate surface area is 131 Å². The number of halogens is 2. The van der Waals surface area contributed by atoms with Crippen LogP contribution in [0.25, 0.3) is 17.1 Å². The molecule has 21 heavy (non-hydrogen) atoms. The summed E-state index contributed by atoms with van der Waals surface area (Å²) < 4.78 is 1.59. The van der Waals surface area contributed by atoms with Crippen LogP contribution in [0.5, 0.6) is 0 Å². The Morgan fingerprint density at radius 1 is 1.05 bits per heavy atom. The average molecular weight is 320 g/mol. The van der Waals surface area contributed by atoms with Crippen LogP contribution in [0.15, 0.2) is 36.4 Å². The van der Waals surface area contributed by atoms with Gasteiger partial charge in [0.2, 0.25) is 0 Å². The number of hydrogen-bond acceptors (Lipinski definition) is 4. The van der Waals surface area contributed by atoms with Crippen LogP contribution >= 0.6 is 23.2 Å². The molecule has 1 heterocycles. The van der Waals surface area contributed by atoms with E-state index in [2.05, 4.69) is 15.5 Å². The van der Waals surface area contributed by atoms with Gasteiger partial charge < -0.3 is 5.73 Å². The van der Waals surface area contributed by atoms with E-state index < -0.39 is 0 Å². The highest BCUT2D eigenvalue weighted by Crippen LogP contribution is 2.27. The Morgan fingerprint density at radius 2 is 1.76 bits per heavy atom. The molecule has 0 unspecified atom stereocenters. The molecule has 2 aromatic carbocycles. The zero-order valence-electron chi connectivity index (χ0n) is 11.1. The van der Waals surface area contributed by atoms with Gasteiger partial charge in [0.1, 0.15) is 0 Å². The first-order valence-corrected chi connectivity index (χ1v) is 6.91. The first-order valence-electron chi connectivity index (χ1n) is 6.16. The zero-order valence-corrected chi connectivity index (χ0v) is 12.6. The number of hydrogen-bond donors (Lipinski definition) is 1. The quantitative estimate of drug-likeness (QED) is 0.733. The summed E-state index contributed by atoms with van der Waals surface area (Å²) in [6.45, 7) is 1.95. The smallest absolute Gasteiger partial charge is 0.187 e. The minimum atomic E-state index is 0.521. The van der Waals surface area contributed by atoms with Crippen molar-refractivity contribution in [3.05, 3.63) is 52.0 Å². The van der Waals surface area contributed by atoms with E-state index in [-0.39, 0.29) is 0 Å². The molecule has 7 heteroatoms. The summed E-state index contributed by atoms with van der Waals surface area (Å²) in [5.74, 6) is 0.603. The number of aromatic nitrogens is 4. The van der Waals surface area contributed by atoms with Gasteiger partial charge >= 0.3 is 0 Å². The van der Waals surface area contributed by atoms with Crippen molar-refractivity contribution in [2.45, 2.75) is 6.92 Å². The number of tetrazole rings is 1. The lowest BCUT2D eigenvalue weighted by Gasteiger charge is -2.08. The van der Waals surface area contributed by atoms with Crippen LogP contribution in [0.1, 0.15) is 5.56 Å². The minimum absolute atomic E-state index is 0.521. The summed E-state index contributed by atoms with van der Waals surface area (Å²) in [6, 6.07) is 10.7.